The van der Waals surface area contributed by atoms with Crippen molar-refractivity contribution in [3.63, 3.8) is 0 Å². The minimum absolute atomic E-state index is 0.171. The fraction of sp³-hybridized carbons (Fsp3) is 0.533. The van der Waals surface area contributed by atoms with Crippen LogP contribution in [0.3, 0.4) is 0 Å². The Labute approximate surface area is 109 Å². The number of aliphatic hydroxyl groups is 1. The molecule has 1 aromatic carbocycles. The van der Waals surface area contributed by atoms with Gasteiger partial charge in [0.25, 0.3) is 0 Å². The Bertz CT molecular complexity index is 349. The van der Waals surface area contributed by atoms with Gasteiger partial charge in [0.1, 0.15) is 0 Å². The molecule has 3 nitrogen and oxygen atoms in total. The van der Waals surface area contributed by atoms with Gasteiger partial charge in [0.2, 0.25) is 0 Å². The Morgan fingerprint density at radius 1 is 1.22 bits per heavy atom. The maximum absolute atomic E-state index is 11.9. The molecule has 0 bridgehead atoms. The first-order valence-corrected chi connectivity index (χ1v) is 6.58. The average Bonchev–Trinajstić information content (AvgIpc) is 2.38. The molecule has 0 aliphatic carbocycles. The number of benzene rings is 1. The van der Waals surface area contributed by atoms with Crippen molar-refractivity contribution in [2.45, 2.75) is 32.7 Å². The van der Waals surface area contributed by atoms with Crippen LogP contribution in [0.2, 0.25) is 0 Å². The van der Waals surface area contributed by atoms with E-state index in [0.717, 1.165) is 18.5 Å². The van der Waals surface area contributed by atoms with Gasteiger partial charge in [-0.3, -0.25) is 9.69 Å². The predicted molar refractivity (Wildman–Crippen MR) is 73.8 cm³/mol. The molecule has 0 aromatic heterocycles. The lowest BCUT2D eigenvalue weighted by molar-refractivity contribution is 0.0968. The molecule has 0 saturated carbocycles. The molecular formula is C15H23NO2. The summed E-state index contributed by atoms with van der Waals surface area (Å²) in [4.78, 5) is 14.1. The van der Waals surface area contributed by atoms with Gasteiger partial charge in [-0.2, -0.15) is 0 Å². The quantitative estimate of drug-likeness (QED) is 0.719. The van der Waals surface area contributed by atoms with Crippen molar-refractivity contribution in [1.82, 2.24) is 4.90 Å². The summed E-state index contributed by atoms with van der Waals surface area (Å²) in [5.41, 5.74) is 0.788. The lowest BCUT2D eigenvalue weighted by Gasteiger charge is -2.25. The number of Topliss-reactive ketones (excluding diaryl/α,β-unsaturated/α-hetero) is 1. The van der Waals surface area contributed by atoms with Crippen LogP contribution in [0.25, 0.3) is 0 Å². The van der Waals surface area contributed by atoms with Gasteiger partial charge in [0.15, 0.2) is 5.78 Å². The lowest BCUT2D eigenvalue weighted by Crippen LogP contribution is -2.34. The molecule has 1 N–H and O–H groups in total. The predicted octanol–water partition coefficient (Wildman–Crippen LogP) is 2.35. The van der Waals surface area contributed by atoms with E-state index < -0.39 is 0 Å². The van der Waals surface area contributed by atoms with Crippen LogP contribution in [0.4, 0.5) is 0 Å². The highest BCUT2D eigenvalue weighted by atomic mass is 16.3. The van der Waals surface area contributed by atoms with Gasteiger partial charge in [-0.1, -0.05) is 30.3 Å². The second-order valence-corrected chi connectivity index (χ2v) is 4.75. The van der Waals surface area contributed by atoms with Gasteiger partial charge >= 0.3 is 0 Å². The zero-order valence-electron chi connectivity index (χ0n) is 11.3. The number of carbonyl (C=O) groups excluding carboxylic acids is 1. The highest BCUT2D eigenvalue weighted by molar-refractivity contribution is 5.95. The Kier molecular flexibility index (Phi) is 6.61. The van der Waals surface area contributed by atoms with Crippen molar-refractivity contribution in [3.05, 3.63) is 35.9 Å². The van der Waals surface area contributed by atoms with Crippen molar-refractivity contribution in [2.75, 3.05) is 19.7 Å². The summed E-state index contributed by atoms with van der Waals surface area (Å²) in [6.07, 6.45) is 1.41. The van der Waals surface area contributed by atoms with Gasteiger partial charge in [-0.05, 0) is 26.8 Å². The summed E-state index contributed by atoms with van der Waals surface area (Å²) >= 11 is 0. The van der Waals surface area contributed by atoms with Crippen molar-refractivity contribution in [1.29, 1.82) is 0 Å². The van der Waals surface area contributed by atoms with E-state index >= 15 is 0 Å². The zero-order chi connectivity index (χ0) is 13.4. The minimum Gasteiger partial charge on any atom is -0.395 e. The third kappa shape index (κ3) is 4.98. The molecule has 0 unspecified atom stereocenters. The molecule has 0 amide bonds. The molecule has 1 aromatic rings. The Morgan fingerprint density at radius 3 is 2.44 bits per heavy atom. The summed E-state index contributed by atoms with van der Waals surface area (Å²) in [6.45, 7) is 5.92. The Hall–Kier alpha value is -1.19. The van der Waals surface area contributed by atoms with Crippen molar-refractivity contribution in [2.24, 2.45) is 0 Å². The lowest BCUT2D eigenvalue weighted by atomic mass is 10.1. The van der Waals surface area contributed by atoms with Crippen molar-refractivity contribution in [3.8, 4) is 0 Å². The molecule has 0 aliphatic heterocycles. The first-order valence-electron chi connectivity index (χ1n) is 6.58. The van der Waals surface area contributed by atoms with E-state index in [-0.39, 0.29) is 12.4 Å². The molecule has 100 valence electrons. The van der Waals surface area contributed by atoms with E-state index in [1.165, 1.54) is 0 Å². The first kappa shape index (κ1) is 14.9. The minimum atomic E-state index is 0.171. The fourth-order valence-corrected chi connectivity index (χ4v) is 1.97. The van der Waals surface area contributed by atoms with E-state index in [4.69, 9.17) is 5.11 Å². The smallest absolute Gasteiger partial charge is 0.162 e. The molecule has 0 heterocycles. The molecule has 0 fully saturated rings. The molecule has 18 heavy (non-hydrogen) atoms. The van der Waals surface area contributed by atoms with Gasteiger partial charge < -0.3 is 5.11 Å². The summed E-state index contributed by atoms with van der Waals surface area (Å²) in [7, 11) is 0. The van der Waals surface area contributed by atoms with Crippen LogP contribution in [0, 0.1) is 0 Å². The van der Waals surface area contributed by atoms with Crippen molar-refractivity contribution < 1.29 is 9.90 Å². The average molecular weight is 249 g/mol. The van der Waals surface area contributed by atoms with Crippen molar-refractivity contribution >= 4 is 5.78 Å². The number of hydrogen-bond acceptors (Lipinski definition) is 3. The normalized spacial score (nSPS) is 11.2. The summed E-state index contributed by atoms with van der Waals surface area (Å²) < 4.78 is 0. The molecular weight excluding hydrogens is 226 g/mol. The van der Waals surface area contributed by atoms with Crippen LogP contribution in [-0.2, 0) is 0 Å². The number of nitrogens with zero attached hydrogens (tertiary/aromatic N) is 1. The molecule has 0 aliphatic rings. The van der Waals surface area contributed by atoms with Crippen LogP contribution >= 0.6 is 0 Å². The van der Waals surface area contributed by atoms with E-state index in [9.17, 15) is 4.79 Å². The Balaban J connectivity index is 2.35. The Morgan fingerprint density at radius 2 is 1.89 bits per heavy atom. The molecule has 3 heteroatoms. The van der Waals surface area contributed by atoms with Gasteiger partial charge in [0, 0.05) is 24.6 Å². The SMILES string of the molecule is CC(C)N(CCO)CCCC(=O)c1ccccc1. The van der Waals surface area contributed by atoms with Gasteiger partial charge in [-0.15, -0.1) is 0 Å². The third-order valence-corrected chi connectivity index (χ3v) is 3.06. The number of ketones is 1. The standard InChI is InChI=1S/C15H23NO2/c1-13(2)16(11-12-17)10-6-9-15(18)14-7-4-3-5-8-14/h3-5,7-8,13,17H,6,9-12H2,1-2H3. The molecule has 0 saturated heterocycles. The van der Waals surface area contributed by atoms with E-state index in [0.29, 0.717) is 19.0 Å². The second-order valence-electron chi connectivity index (χ2n) is 4.75. The number of carbonyl (C=O) groups is 1. The van der Waals surface area contributed by atoms with Crippen LogP contribution in [-0.4, -0.2) is 41.5 Å². The zero-order valence-corrected chi connectivity index (χ0v) is 11.3. The highest BCUT2D eigenvalue weighted by Gasteiger charge is 2.10. The maximum atomic E-state index is 11.9. The number of rotatable bonds is 8. The van der Waals surface area contributed by atoms with E-state index in [1.54, 1.807) is 0 Å². The molecule has 0 atom stereocenters. The second kappa shape index (κ2) is 8.01. The number of hydrogen-bond donors (Lipinski definition) is 1. The van der Waals surface area contributed by atoms with Crippen LogP contribution in [0.1, 0.15) is 37.0 Å². The highest BCUT2D eigenvalue weighted by Crippen LogP contribution is 2.07. The van der Waals surface area contributed by atoms with Crippen LogP contribution in [0.15, 0.2) is 30.3 Å². The topological polar surface area (TPSA) is 40.5 Å². The summed E-state index contributed by atoms with van der Waals surface area (Å²) in [6, 6.07) is 9.81. The third-order valence-electron chi connectivity index (χ3n) is 3.06. The van der Waals surface area contributed by atoms with E-state index in [1.807, 2.05) is 30.3 Å². The molecule has 1 rings (SSSR count). The van der Waals surface area contributed by atoms with E-state index in [2.05, 4.69) is 18.7 Å². The van der Waals surface area contributed by atoms with Gasteiger partial charge in [-0.25, -0.2) is 0 Å². The molecule has 0 spiro atoms. The summed E-state index contributed by atoms with van der Waals surface area (Å²) in [5.74, 6) is 0.198. The molecule has 0 radical (unpaired) electrons. The first-order chi connectivity index (χ1) is 8.65. The van der Waals surface area contributed by atoms with Gasteiger partial charge in [0.05, 0.1) is 6.61 Å². The van der Waals surface area contributed by atoms with Crippen LogP contribution < -0.4 is 0 Å². The maximum Gasteiger partial charge on any atom is 0.162 e. The van der Waals surface area contributed by atoms with Crippen LogP contribution in [0.5, 0.6) is 0 Å². The number of aliphatic hydroxyl groups excluding tert-OH is 1. The largest absolute Gasteiger partial charge is 0.395 e. The monoisotopic (exact) mass is 249 g/mol. The summed E-state index contributed by atoms with van der Waals surface area (Å²) in [5, 5.41) is 8.96. The fourth-order valence-electron chi connectivity index (χ4n) is 1.97.